The van der Waals surface area contributed by atoms with Gasteiger partial charge in [0.1, 0.15) is 5.70 Å². The van der Waals surface area contributed by atoms with E-state index in [9.17, 15) is 18.0 Å². The van der Waals surface area contributed by atoms with Gasteiger partial charge in [0.15, 0.2) is 5.78 Å². The monoisotopic (exact) mass is 383 g/mol. The van der Waals surface area contributed by atoms with Gasteiger partial charge in [-0.2, -0.15) is 13.2 Å². The number of hydrogen-bond donors (Lipinski definition) is 1. The van der Waals surface area contributed by atoms with Crippen LogP contribution in [0.5, 0.6) is 0 Å². The van der Waals surface area contributed by atoms with Crippen molar-refractivity contribution in [3.05, 3.63) is 75.9 Å². The molecule has 2 nitrogen and oxygen atoms in total. The lowest BCUT2D eigenvalue weighted by Crippen LogP contribution is -2.20. The smallest absolute Gasteiger partial charge is 0.351 e. The van der Waals surface area contributed by atoms with E-state index in [2.05, 4.69) is 21.2 Å². The Morgan fingerprint density at radius 3 is 2.13 bits per heavy atom. The number of halogens is 4. The molecule has 0 aliphatic carbocycles. The number of aryl methyl sites for hydroxylation is 1. The van der Waals surface area contributed by atoms with E-state index in [0.29, 0.717) is 6.08 Å². The molecule has 0 bridgehead atoms. The molecule has 0 aliphatic rings. The number of ketones is 1. The summed E-state index contributed by atoms with van der Waals surface area (Å²) >= 11 is 3.21. The topological polar surface area (TPSA) is 29.1 Å². The molecule has 2 aromatic carbocycles. The van der Waals surface area contributed by atoms with Gasteiger partial charge in [-0.3, -0.25) is 4.79 Å². The molecule has 0 saturated heterocycles. The van der Waals surface area contributed by atoms with Gasteiger partial charge in [-0.25, -0.2) is 0 Å². The van der Waals surface area contributed by atoms with E-state index in [0.717, 1.165) is 10.0 Å². The van der Waals surface area contributed by atoms with Crippen molar-refractivity contribution in [1.82, 2.24) is 0 Å². The van der Waals surface area contributed by atoms with Crippen LogP contribution < -0.4 is 5.32 Å². The van der Waals surface area contributed by atoms with E-state index in [1.165, 1.54) is 24.3 Å². The van der Waals surface area contributed by atoms with Crippen LogP contribution >= 0.6 is 15.9 Å². The molecule has 23 heavy (non-hydrogen) atoms. The SMILES string of the molecule is Cc1ccc(N/C(=C\C(=O)c2ccc(Br)cc2)C(F)(F)F)cc1. The second-order valence-electron chi connectivity index (χ2n) is 4.92. The van der Waals surface area contributed by atoms with E-state index in [1.54, 1.807) is 24.3 Å². The minimum atomic E-state index is -4.66. The zero-order valence-corrected chi connectivity index (χ0v) is 13.7. The van der Waals surface area contributed by atoms with Crippen molar-refractivity contribution in [3.8, 4) is 0 Å². The van der Waals surface area contributed by atoms with Crippen molar-refractivity contribution in [2.24, 2.45) is 0 Å². The molecule has 0 aromatic heterocycles. The van der Waals surface area contributed by atoms with Gasteiger partial charge in [-0.05, 0) is 43.3 Å². The average molecular weight is 384 g/mol. The fraction of sp³-hybridized carbons (Fsp3) is 0.118. The zero-order chi connectivity index (χ0) is 17.0. The van der Waals surface area contributed by atoms with Crippen molar-refractivity contribution in [2.75, 3.05) is 5.32 Å². The van der Waals surface area contributed by atoms with Crippen LogP contribution in [0.25, 0.3) is 0 Å². The number of rotatable bonds is 4. The number of carbonyl (C=O) groups excluding carboxylic acids is 1. The first-order chi connectivity index (χ1) is 10.8. The maximum Gasteiger partial charge on any atom is 0.431 e. The highest BCUT2D eigenvalue weighted by atomic mass is 79.9. The summed E-state index contributed by atoms with van der Waals surface area (Å²) in [6.07, 6.45) is -4.08. The number of alkyl halides is 3. The van der Waals surface area contributed by atoms with Crippen molar-refractivity contribution >= 4 is 27.4 Å². The van der Waals surface area contributed by atoms with Gasteiger partial charge < -0.3 is 5.32 Å². The summed E-state index contributed by atoms with van der Waals surface area (Å²) in [6, 6.07) is 12.5. The number of benzene rings is 2. The number of anilines is 1. The summed E-state index contributed by atoms with van der Waals surface area (Å²) < 4.78 is 40.1. The molecule has 0 amide bonds. The summed E-state index contributed by atoms with van der Waals surface area (Å²) in [6.45, 7) is 1.83. The molecule has 120 valence electrons. The lowest BCUT2D eigenvalue weighted by molar-refractivity contribution is -0.0903. The molecule has 0 fully saturated rings. The van der Waals surface area contributed by atoms with Crippen LogP contribution in [0.15, 0.2) is 64.8 Å². The maximum absolute atomic E-state index is 13.1. The Balaban J connectivity index is 2.29. The molecular formula is C17H13BrF3NO. The molecule has 0 atom stereocenters. The molecule has 6 heteroatoms. The van der Waals surface area contributed by atoms with Crippen molar-refractivity contribution in [1.29, 1.82) is 0 Å². The number of carbonyl (C=O) groups is 1. The molecule has 2 rings (SSSR count). The number of hydrogen-bond acceptors (Lipinski definition) is 2. The fourth-order valence-electron chi connectivity index (χ4n) is 1.81. The Labute approximate surface area is 140 Å². The van der Waals surface area contributed by atoms with Crippen LogP contribution in [0, 0.1) is 6.92 Å². The average Bonchev–Trinajstić information content (AvgIpc) is 2.48. The van der Waals surface area contributed by atoms with Crippen LogP contribution in [-0.2, 0) is 0 Å². The predicted octanol–water partition coefficient (Wildman–Crippen LogP) is 5.50. The van der Waals surface area contributed by atoms with Gasteiger partial charge in [-0.15, -0.1) is 0 Å². The minimum absolute atomic E-state index is 0.181. The van der Waals surface area contributed by atoms with Crippen LogP contribution in [-0.4, -0.2) is 12.0 Å². The predicted molar refractivity (Wildman–Crippen MR) is 87.4 cm³/mol. The molecule has 0 heterocycles. The second-order valence-corrected chi connectivity index (χ2v) is 5.83. The highest BCUT2D eigenvalue weighted by Crippen LogP contribution is 2.27. The Morgan fingerprint density at radius 2 is 1.61 bits per heavy atom. The van der Waals surface area contributed by atoms with E-state index >= 15 is 0 Å². The van der Waals surface area contributed by atoms with Crippen LogP contribution in [0.2, 0.25) is 0 Å². The van der Waals surface area contributed by atoms with Gasteiger partial charge in [-0.1, -0.05) is 33.6 Å². The summed E-state index contributed by atoms with van der Waals surface area (Å²) in [4.78, 5) is 12.0. The van der Waals surface area contributed by atoms with Gasteiger partial charge >= 0.3 is 6.18 Å². The normalized spacial score (nSPS) is 12.1. The van der Waals surface area contributed by atoms with Gasteiger partial charge in [0.2, 0.25) is 0 Å². The summed E-state index contributed by atoms with van der Waals surface area (Å²) in [7, 11) is 0. The lowest BCUT2D eigenvalue weighted by atomic mass is 10.1. The third-order valence-electron chi connectivity index (χ3n) is 3.04. The highest BCUT2D eigenvalue weighted by Gasteiger charge is 2.34. The Hall–Kier alpha value is -2.08. The quantitative estimate of drug-likeness (QED) is 0.557. The molecule has 0 radical (unpaired) electrons. The van der Waals surface area contributed by atoms with Crippen LogP contribution in [0.3, 0.4) is 0 Å². The van der Waals surface area contributed by atoms with E-state index in [1.807, 2.05) is 6.92 Å². The van der Waals surface area contributed by atoms with Gasteiger partial charge in [0.05, 0.1) is 0 Å². The molecule has 2 aromatic rings. The molecule has 0 unspecified atom stereocenters. The number of allylic oxidation sites excluding steroid dienone is 2. The Morgan fingerprint density at radius 1 is 1.04 bits per heavy atom. The Bertz CT molecular complexity index is 719. The van der Waals surface area contributed by atoms with Crippen LogP contribution in [0.1, 0.15) is 15.9 Å². The molecule has 0 spiro atoms. The van der Waals surface area contributed by atoms with Crippen molar-refractivity contribution < 1.29 is 18.0 Å². The first kappa shape index (κ1) is 17.3. The van der Waals surface area contributed by atoms with E-state index < -0.39 is 17.7 Å². The zero-order valence-electron chi connectivity index (χ0n) is 12.1. The standard InChI is InChI=1S/C17H13BrF3NO/c1-11-2-8-14(9-3-11)22-16(17(19,20)21)10-15(23)12-4-6-13(18)7-5-12/h2-10,22H,1H3/b16-10-. The van der Waals surface area contributed by atoms with Gasteiger partial charge in [0, 0.05) is 21.8 Å². The van der Waals surface area contributed by atoms with Crippen LogP contribution in [0.4, 0.5) is 18.9 Å². The lowest BCUT2D eigenvalue weighted by Gasteiger charge is -2.14. The number of nitrogens with one attached hydrogen (secondary N) is 1. The van der Waals surface area contributed by atoms with Gasteiger partial charge in [0.25, 0.3) is 0 Å². The molecule has 0 aliphatic heterocycles. The first-order valence-electron chi connectivity index (χ1n) is 6.68. The summed E-state index contributed by atoms with van der Waals surface area (Å²) in [5.41, 5.74) is 0.275. The summed E-state index contributed by atoms with van der Waals surface area (Å²) in [5.74, 6) is -0.718. The molecular weight excluding hydrogens is 371 g/mol. The maximum atomic E-state index is 13.1. The second kappa shape index (κ2) is 7.00. The van der Waals surface area contributed by atoms with Crippen molar-refractivity contribution in [3.63, 3.8) is 0 Å². The third kappa shape index (κ3) is 4.96. The first-order valence-corrected chi connectivity index (χ1v) is 7.47. The van der Waals surface area contributed by atoms with E-state index in [-0.39, 0.29) is 11.3 Å². The fourth-order valence-corrected chi connectivity index (χ4v) is 2.07. The summed E-state index contributed by atoms with van der Waals surface area (Å²) in [5, 5.41) is 2.26. The van der Waals surface area contributed by atoms with Crippen molar-refractivity contribution in [2.45, 2.75) is 13.1 Å². The minimum Gasteiger partial charge on any atom is -0.351 e. The largest absolute Gasteiger partial charge is 0.431 e. The third-order valence-corrected chi connectivity index (χ3v) is 3.57. The molecule has 1 N–H and O–H groups in total. The highest BCUT2D eigenvalue weighted by molar-refractivity contribution is 9.10. The van der Waals surface area contributed by atoms with E-state index in [4.69, 9.17) is 0 Å². The Kier molecular flexibility index (Phi) is 5.26. The molecule has 0 saturated carbocycles.